The predicted molar refractivity (Wildman–Crippen MR) is 75.8 cm³/mol. The van der Waals surface area contributed by atoms with Crippen LogP contribution in [0, 0.1) is 10.4 Å². The summed E-state index contributed by atoms with van der Waals surface area (Å²) in [6.07, 6.45) is 0. The molecule has 18 heavy (non-hydrogen) atoms. The van der Waals surface area contributed by atoms with Gasteiger partial charge in [-0.15, -0.1) is 0 Å². The maximum Gasteiger partial charge on any atom is 0.0755 e. The van der Waals surface area contributed by atoms with Gasteiger partial charge in [0.2, 0.25) is 0 Å². The monoisotopic (exact) mass is 268 g/mol. The van der Waals surface area contributed by atoms with Gasteiger partial charge in [0.15, 0.2) is 0 Å². The first kappa shape index (κ1) is 22.9. The summed E-state index contributed by atoms with van der Waals surface area (Å²) in [6, 6.07) is 0. The third-order valence-corrected chi connectivity index (χ3v) is 3.46. The summed E-state index contributed by atoms with van der Waals surface area (Å²) in [5, 5.41) is 34.3. The van der Waals surface area contributed by atoms with Crippen molar-refractivity contribution in [1.29, 1.82) is 0 Å². The minimum absolute atomic E-state index is 0.0417. The highest BCUT2D eigenvalue weighted by atomic mass is 17.0. The van der Waals surface area contributed by atoms with E-state index >= 15 is 0 Å². The zero-order valence-corrected chi connectivity index (χ0v) is 12.8. The second kappa shape index (κ2) is 13.2. The van der Waals surface area contributed by atoms with Crippen molar-refractivity contribution < 1.29 is 19.8 Å². The number of rotatable bonds is 6. The minimum atomic E-state index is -0.0417. The molecule has 0 amide bonds. The molecule has 0 heterocycles. The molecule has 0 saturated heterocycles. The van der Waals surface area contributed by atoms with Crippen LogP contribution in [0.3, 0.4) is 0 Å². The van der Waals surface area contributed by atoms with Gasteiger partial charge in [-0.25, -0.2) is 0 Å². The maximum absolute atomic E-state index is 11.1. The van der Waals surface area contributed by atoms with E-state index in [1.54, 1.807) is 0 Å². The molecule has 0 rings (SSSR count). The Balaban J connectivity index is -0.000000219. The molecule has 0 aromatic rings. The van der Waals surface area contributed by atoms with Gasteiger partial charge in [-0.05, 0) is 41.5 Å². The largest absolute Gasteiger partial charge is 0.633 e. The zero-order chi connectivity index (χ0) is 15.2. The second-order valence-corrected chi connectivity index (χ2v) is 4.01. The molecule has 2 N–H and O–H groups in total. The van der Waals surface area contributed by atoms with Crippen molar-refractivity contribution in [3.63, 3.8) is 0 Å². The van der Waals surface area contributed by atoms with Crippen molar-refractivity contribution >= 4 is 0 Å². The Kier molecular flexibility index (Phi) is 16.8. The van der Waals surface area contributed by atoms with Gasteiger partial charge in [-0.3, -0.25) is 10.5 Å². The Morgan fingerprint density at radius 3 is 0.667 bits per heavy atom. The third-order valence-electron chi connectivity index (χ3n) is 3.46. The Morgan fingerprint density at radius 2 is 0.667 bits per heavy atom. The molecular weight excluding hydrogens is 236 g/mol. The average Bonchev–Trinajstić information content (AvgIpc) is 2.48. The van der Waals surface area contributed by atoms with Crippen molar-refractivity contribution in [1.82, 2.24) is 0 Å². The zero-order valence-electron chi connectivity index (χ0n) is 12.8. The normalized spacial score (nSPS) is 11.0. The van der Waals surface area contributed by atoms with E-state index in [1.165, 1.54) is 0 Å². The summed E-state index contributed by atoms with van der Waals surface area (Å²) in [7, 11) is 0. The number of hydroxylamine groups is 6. The van der Waals surface area contributed by atoms with Crippen molar-refractivity contribution in [2.45, 2.75) is 41.5 Å². The summed E-state index contributed by atoms with van der Waals surface area (Å²) in [5.41, 5.74) is 0. The van der Waals surface area contributed by atoms with E-state index in [2.05, 4.69) is 0 Å². The molecule has 114 valence electrons. The molecule has 0 fully saturated rings. The van der Waals surface area contributed by atoms with Crippen molar-refractivity contribution in [2.24, 2.45) is 0 Å². The molecule has 0 unspecified atom stereocenters. The summed E-state index contributed by atoms with van der Waals surface area (Å²) in [4.78, 5) is 0. The molecule has 0 saturated carbocycles. The molecule has 6 heteroatoms. The molecule has 0 radical (unpaired) electrons. The van der Waals surface area contributed by atoms with Crippen LogP contribution in [-0.2, 0) is 0 Å². The lowest BCUT2D eigenvalue weighted by Crippen LogP contribution is -2.41. The predicted octanol–water partition coefficient (Wildman–Crippen LogP) is 2.74. The SMILES string of the molecule is CC[N+]([O-])(CC)CC.CC[N+]([O-])(CC)CC.OO. The molecule has 0 bridgehead atoms. The van der Waals surface area contributed by atoms with Crippen LogP contribution in [0.5, 0.6) is 0 Å². The van der Waals surface area contributed by atoms with Gasteiger partial charge < -0.3 is 19.7 Å². The van der Waals surface area contributed by atoms with Crippen LogP contribution >= 0.6 is 0 Å². The fourth-order valence-electron chi connectivity index (χ4n) is 1.34. The molecule has 0 aromatic heterocycles. The van der Waals surface area contributed by atoms with Gasteiger partial charge in [0, 0.05) is 0 Å². The van der Waals surface area contributed by atoms with E-state index in [9.17, 15) is 10.4 Å². The lowest BCUT2D eigenvalue weighted by molar-refractivity contribution is -0.875. The lowest BCUT2D eigenvalue weighted by atomic mass is 10.5. The van der Waals surface area contributed by atoms with Gasteiger partial charge in [0.25, 0.3) is 0 Å². The maximum atomic E-state index is 11.1. The quantitative estimate of drug-likeness (QED) is 0.440. The number of nitrogens with zero attached hydrogens (tertiary/aromatic N) is 2. The van der Waals surface area contributed by atoms with E-state index in [1.807, 2.05) is 41.5 Å². The van der Waals surface area contributed by atoms with Crippen LogP contribution in [0.15, 0.2) is 0 Å². The van der Waals surface area contributed by atoms with E-state index in [4.69, 9.17) is 10.5 Å². The Hall–Kier alpha value is -0.240. The molecule has 0 aliphatic carbocycles. The van der Waals surface area contributed by atoms with E-state index < -0.39 is 0 Å². The average molecular weight is 268 g/mol. The highest BCUT2D eigenvalue weighted by Gasteiger charge is 2.05. The Morgan fingerprint density at radius 1 is 0.556 bits per heavy atom. The molecule has 6 nitrogen and oxygen atoms in total. The van der Waals surface area contributed by atoms with Gasteiger partial charge in [0.05, 0.1) is 39.3 Å². The minimum Gasteiger partial charge on any atom is -0.633 e. The summed E-state index contributed by atoms with van der Waals surface area (Å²) in [5.74, 6) is 0. The first-order valence-electron chi connectivity index (χ1n) is 6.71. The van der Waals surface area contributed by atoms with Gasteiger partial charge in [0.1, 0.15) is 0 Å². The number of hydrogen-bond donors (Lipinski definition) is 2. The molecule has 0 spiro atoms. The van der Waals surface area contributed by atoms with Crippen LogP contribution in [0.25, 0.3) is 0 Å². The van der Waals surface area contributed by atoms with E-state index in [0.717, 1.165) is 0 Å². The fraction of sp³-hybridized carbons (Fsp3) is 1.00. The van der Waals surface area contributed by atoms with Gasteiger partial charge >= 0.3 is 0 Å². The summed E-state index contributed by atoms with van der Waals surface area (Å²) in [6.45, 7) is 15.8. The summed E-state index contributed by atoms with van der Waals surface area (Å²) >= 11 is 0. The molecule has 0 aliphatic heterocycles. The van der Waals surface area contributed by atoms with Crippen molar-refractivity contribution in [2.75, 3.05) is 39.3 Å². The van der Waals surface area contributed by atoms with Crippen molar-refractivity contribution in [3.8, 4) is 0 Å². The van der Waals surface area contributed by atoms with Crippen LogP contribution in [0.4, 0.5) is 0 Å². The summed E-state index contributed by atoms with van der Waals surface area (Å²) < 4.78 is -0.0833. The van der Waals surface area contributed by atoms with E-state index in [-0.39, 0.29) is 9.29 Å². The number of quaternary nitrogens is 2. The molecular formula is C12H32N2O4. The topological polar surface area (TPSA) is 86.6 Å². The van der Waals surface area contributed by atoms with Crippen LogP contribution in [-0.4, -0.2) is 59.1 Å². The highest BCUT2D eigenvalue weighted by molar-refractivity contribution is 4.32. The first-order chi connectivity index (χ1) is 8.36. The van der Waals surface area contributed by atoms with E-state index in [0.29, 0.717) is 39.3 Å². The first-order valence-corrected chi connectivity index (χ1v) is 6.71. The third kappa shape index (κ3) is 10.9. The molecule has 0 atom stereocenters. The molecule has 0 aliphatic rings. The fourth-order valence-corrected chi connectivity index (χ4v) is 1.34. The second-order valence-electron chi connectivity index (χ2n) is 4.01. The highest BCUT2D eigenvalue weighted by Crippen LogP contribution is 2.00. The van der Waals surface area contributed by atoms with Crippen LogP contribution in [0.1, 0.15) is 41.5 Å². The van der Waals surface area contributed by atoms with Crippen molar-refractivity contribution in [3.05, 3.63) is 10.4 Å². The van der Waals surface area contributed by atoms with Gasteiger partial charge in [-0.2, -0.15) is 0 Å². The lowest BCUT2D eigenvalue weighted by Gasteiger charge is -2.39. The van der Waals surface area contributed by atoms with Crippen LogP contribution < -0.4 is 0 Å². The smallest absolute Gasteiger partial charge is 0.0755 e. The Labute approximate surface area is 112 Å². The van der Waals surface area contributed by atoms with Crippen LogP contribution in [0.2, 0.25) is 0 Å². The standard InChI is InChI=1S/2C6H15NO.H2O2/c2*1-4-7(8,5-2)6-3;1-2/h2*4-6H2,1-3H3;1-2H. The number of hydrogen-bond acceptors (Lipinski definition) is 4. The molecule has 0 aromatic carbocycles. The Bertz CT molecular complexity index is 126. The van der Waals surface area contributed by atoms with Gasteiger partial charge in [-0.1, -0.05) is 0 Å².